The van der Waals surface area contributed by atoms with Crippen molar-refractivity contribution in [2.75, 3.05) is 39.3 Å². The molecular formula is C55H81N3O10. The molecule has 3 aromatic rings. The predicted octanol–water partition coefficient (Wildman–Crippen LogP) is 8.43. The number of nitrogens with zero attached hydrogens (tertiary/aromatic N) is 3. The van der Waals surface area contributed by atoms with E-state index in [-0.39, 0.29) is 58.5 Å². The van der Waals surface area contributed by atoms with Crippen LogP contribution in [-0.2, 0) is 66.9 Å². The van der Waals surface area contributed by atoms with Crippen LogP contribution in [0.1, 0.15) is 121 Å². The maximum absolute atomic E-state index is 14.7. The van der Waals surface area contributed by atoms with Gasteiger partial charge in [-0.1, -0.05) is 91.0 Å². The third kappa shape index (κ3) is 22.8. The van der Waals surface area contributed by atoms with E-state index in [9.17, 15) is 24.0 Å². The summed E-state index contributed by atoms with van der Waals surface area (Å²) >= 11 is 0. The minimum absolute atomic E-state index is 0.0929. The number of hydrogen-bond acceptors (Lipinski definition) is 13. The summed E-state index contributed by atoms with van der Waals surface area (Å²) < 4.78 is 29.9. The molecule has 3 unspecified atom stereocenters. The summed E-state index contributed by atoms with van der Waals surface area (Å²) in [5.74, 6) is -2.60. The predicted molar refractivity (Wildman–Crippen MR) is 266 cm³/mol. The lowest BCUT2D eigenvalue weighted by molar-refractivity contribution is -0.167. The average molecular weight is 944 g/mol. The maximum atomic E-state index is 14.7. The van der Waals surface area contributed by atoms with Crippen molar-refractivity contribution in [3.8, 4) is 0 Å². The van der Waals surface area contributed by atoms with Gasteiger partial charge < -0.3 is 23.7 Å². The van der Waals surface area contributed by atoms with Crippen molar-refractivity contribution in [2.24, 2.45) is 0 Å². The lowest BCUT2D eigenvalue weighted by Gasteiger charge is -2.38. The Morgan fingerprint density at radius 1 is 0.353 bits per heavy atom. The summed E-state index contributed by atoms with van der Waals surface area (Å²) in [5.41, 5.74) is -1.56. The standard InChI is InChI=1S/C55H81N3O10/c1-51(2,3)64-46(59)38-57(44(49(62)67-54(10,11)12)36-41-27-21-17-22-28-41)33-31-56(43(48(61)66-53(7,8)9)35-40-25-19-16-20-26-40)32-34-58(39-47(60)65-52(4,5)6)45(50(63)68-55(13,14)15)37-42-29-23-18-24-30-42/h16-30,43-45H,31-39H2,1-15H3. The van der Waals surface area contributed by atoms with Gasteiger partial charge in [-0.05, 0) is 140 Å². The number of esters is 5. The summed E-state index contributed by atoms with van der Waals surface area (Å²) in [6.45, 7) is 26.8. The normalized spacial score (nSPS) is 14.0. The zero-order valence-corrected chi connectivity index (χ0v) is 43.7. The van der Waals surface area contributed by atoms with Crippen LogP contribution in [0.25, 0.3) is 0 Å². The van der Waals surface area contributed by atoms with Crippen LogP contribution in [0.2, 0.25) is 0 Å². The number of ether oxygens (including phenoxy) is 5. The first kappa shape index (κ1) is 57.2. The molecule has 3 atom stereocenters. The zero-order valence-electron chi connectivity index (χ0n) is 43.7. The van der Waals surface area contributed by atoms with Crippen LogP contribution in [0, 0.1) is 0 Å². The highest BCUT2D eigenvalue weighted by Crippen LogP contribution is 2.22. The van der Waals surface area contributed by atoms with E-state index >= 15 is 0 Å². The Morgan fingerprint density at radius 3 is 0.809 bits per heavy atom. The van der Waals surface area contributed by atoms with E-state index in [1.54, 1.807) is 92.9 Å². The van der Waals surface area contributed by atoms with Gasteiger partial charge in [-0.2, -0.15) is 0 Å². The molecule has 376 valence electrons. The Morgan fingerprint density at radius 2 is 0.574 bits per heavy atom. The van der Waals surface area contributed by atoms with Crippen molar-refractivity contribution < 1.29 is 47.7 Å². The van der Waals surface area contributed by atoms with Gasteiger partial charge in [0.05, 0.1) is 13.1 Å². The van der Waals surface area contributed by atoms with Crippen LogP contribution in [0.15, 0.2) is 91.0 Å². The Labute approximate surface area is 407 Å². The Balaban J connectivity index is 2.27. The SMILES string of the molecule is CC(C)(C)OC(=O)CN(CCN(CCN(CC(=O)OC(C)(C)C)C(Cc1ccccc1)C(=O)OC(C)(C)C)C(Cc1ccccc1)C(=O)OC(C)(C)C)C(Cc1ccccc1)C(=O)OC(C)(C)C. The van der Waals surface area contributed by atoms with Gasteiger partial charge in [0.2, 0.25) is 0 Å². The second kappa shape index (κ2) is 25.0. The van der Waals surface area contributed by atoms with E-state index in [4.69, 9.17) is 23.7 Å². The average Bonchev–Trinajstić information content (AvgIpc) is 3.18. The highest BCUT2D eigenvalue weighted by atomic mass is 16.6. The molecule has 3 aromatic carbocycles. The number of carbonyl (C=O) groups is 5. The van der Waals surface area contributed by atoms with Crippen LogP contribution in [0.3, 0.4) is 0 Å². The molecule has 0 aliphatic rings. The number of benzene rings is 3. The lowest BCUT2D eigenvalue weighted by Crippen LogP contribution is -2.55. The van der Waals surface area contributed by atoms with E-state index in [2.05, 4.69) is 0 Å². The van der Waals surface area contributed by atoms with Crippen LogP contribution in [-0.4, -0.2) is 130 Å². The summed E-state index contributed by atoms with van der Waals surface area (Å²) in [7, 11) is 0. The number of carbonyl (C=O) groups excluding carboxylic acids is 5. The molecule has 0 radical (unpaired) electrons. The van der Waals surface area contributed by atoms with Gasteiger partial charge in [0.1, 0.15) is 46.1 Å². The van der Waals surface area contributed by atoms with Crippen LogP contribution < -0.4 is 0 Å². The molecule has 0 saturated heterocycles. The van der Waals surface area contributed by atoms with Gasteiger partial charge in [0.15, 0.2) is 0 Å². The quantitative estimate of drug-likeness (QED) is 0.0704. The molecule has 0 saturated carbocycles. The van der Waals surface area contributed by atoms with E-state index in [0.29, 0.717) is 0 Å². The highest BCUT2D eigenvalue weighted by Gasteiger charge is 2.38. The van der Waals surface area contributed by atoms with Crippen molar-refractivity contribution in [1.82, 2.24) is 14.7 Å². The summed E-state index contributed by atoms with van der Waals surface area (Å²) in [6.07, 6.45) is 0.685. The monoisotopic (exact) mass is 944 g/mol. The molecule has 0 aromatic heterocycles. The second-order valence-electron chi connectivity index (χ2n) is 22.4. The van der Waals surface area contributed by atoms with Gasteiger partial charge in [-0.15, -0.1) is 0 Å². The molecule has 0 amide bonds. The number of hydrogen-bond donors (Lipinski definition) is 0. The van der Waals surface area contributed by atoms with Crippen LogP contribution >= 0.6 is 0 Å². The van der Waals surface area contributed by atoms with E-state index < -0.39 is 76.0 Å². The highest BCUT2D eigenvalue weighted by molar-refractivity contribution is 5.80. The van der Waals surface area contributed by atoms with Crippen molar-refractivity contribution >= 4 is 29.8 Å². The number of rotatable bonds is 22. The topological polar surface area (TPSA) is 141 Å². The van der Waals surface area contributed by atoms with Crippen molar-refractivity contribution in [1.29, 1.82) is 0 Å². The lowest BCUT2D eigenvalue weighted by atomic mass is 10.0. The summed E-state index contributed by atoms with van der Waals surface area (Å²) in [4.78, 5) is 76.5. The van der Waals surface area contributed by atoms with Crippen molar-refractivity contribution in [2.45, 2.75) is 169 Å². The molecule has 68 heavy (non-hydrogen) atoms. The second-order valence-corrected chi connectivity index (χ2v) is 22.4. The van der Waals surface area contributed by atoms with Gasteiger partial charge >= 0.3 is 29.8 Å². The molecule has 0 fully saturated rings. The molecule has 0 N–H and O–H groups in total. The van der Waals surface area contributed by atoms with Crippen molar-refractivity contribution in [3.05, 3.63) is 108 Å². The largest absolute Gasteiger partial charge is 0.459 e. The first-order valence-corrected chi connectivity index (χ1v) is 23.8. The molecule has 0 heterocycles. The minimum Gasteiger partial charge on any atom is -0.459 e. The minimum atomic E-state index is -0.939. The van der Waals surface area contributed by atoms with Crippen molar-refractivity contribution in [3.63, 3.8) is 0 Å². The first-order valence-electron chi connectivity index (χ1n) is 23.8. The molecule has 0 aliphatic carbocycles. The van der Waals surface area contributed by atoms with Gasteiger partial charge in [-0.25, -0.2) is 0 Å². The summed E-state index contributed by atoms with van der Waals surface area (Å²) in [5, 5.41) is 0. The van der Waals surface area contributed by atoms with Gasteiger partial charge in [0.25, 0.3) is 0 Å². The molecule has 0 bridgehead atoms. The van der Waals surface area contributed by atoms with Crippen LogP contribution in [0.4, 0.5) is 0 Å². The van der Waals surface area contributed by atoms with Gasteiger partial charge in [-0.3, -0.25) is 38.7 Å². The van der Waals surface area contributed by atoms with E-state index in [1.807, 2.05) is 117 Å². The summed E-state index contributed by atoms with van der Waals surface area (Å²) in [6, 6.07) is 25.8. The molecule has 3 rings (SSSR count). The fourth-order valence-electron chi connectivity index (χ4n) is 7.41. The third-order valence-electron chi connectivity index (χ3n) is 10.0. The smallest absolute Gasteiger partial charge is 0.324 e. The molecule has 0 spiro atoms. The fourth-order valence-corrected chi connectivity index (χ4v) is 7.41. The van der Waals surface area contributed by atoms with E-state index in [0.717, 1.165) is 16.7 Å². The first-order chi connectivity index (χ1) is 31.4. The molecule has 0 aliphatic heterocycles. The van der Waals surface area contributed by atoms with Gasteiger partial charge in [0, 0.05) is 26.2 Å². The molecule has 13 heteroatoms. The Kier molecular flexibility index (Phi) is 21.0. The third-order valence-corrected chi connectivity index (χ3v) is 10.0. The van der Waals surface area contributed by atoms with Crippen LogP contribution in [0.5, 0.6) is 0 Å². The zero-order chi connectivity index (χ0) is 51.1. The maximum Gasteiger partial charge on any atom is 0.324 e. The fraction of sp³-hybridized carbons (Fsp3) is 0.582. The van der Waals surface area contributed by atoms with E-state index in [1.165, 1.54) is 0 Å². The molecule has 13 nitrogen and oxygen atoms in total. The Hall–Kier alpha value is -5.11. The molecular weight excluding hydrogens is 863 g/mol. The Bertz CT molecular complexity index is 1930.